The number of amides is 2. The third kappa shape index (κ3) is 5.35. The van der Waals surface area contributed by atoms with Gasteiger partial charge in [0.05, 0.1) is 15.7 Å². The maximum Gasteiger partial charge on any atom is 0.246 e. The van der Waals surface area contributed by atoms with E-state index in [0.717, 1.165) is 6.07 Å². The van der Waals surface area contributed by atoms with Crippen molar-refractivity contribution in [3.05, 3.63) is 52.3 Å². The van der Waals surface area contributed by atoms with Crippen molar-refractivity contribution in [3.63, 3.8) is 0 Å². The van der Waals surface area contributed by atoms with Gasteiger partial charge in [0.25, 0.3) is 0 Å². The molecule has 31 heavy (non-hydrogen) atoms. The summed E-state index contributed by atoms with van der Waals surface area (Å²) in [4.78, 5) is 23.6. The number of sulfonamides is 1. The van der Waals surface area contributed by atoms with Crippen LogP contribution in [0.4, 0.5) is 15.8 Å². The third-order valence-corrected chi connectivity index (χ3v) is 7.74. The molecule has 1 saturated heterocycles. The van der Waals surface area contributed by atoms with Gasteiger partial charge in [0.15, 0.2) is 0 Å². The van der Waals surface area contributed by atoms with Crippen molar-refractivity contribution in [3.8, 4) is 0 Å². The molecule has 0 radical (unpaired) electrons. The number of hydrogen-bond donors (Lipinski definition) is 2. The van der Waals surface area contributed by atoms with E-state index in [2.05, 4.69) is 10.6 Å². The molecule has 1 fully saturated rings. The van der Waals surface area contributed by atoms with E-state index in [0.29, 0.717) is 18.5 Å². The van der Waals surface area contributed by atoms with Crippen LogP contribution in [-0.4, -0.2) is 37.6 Å². The lowest BCUT2D eigenvalue weighted by molar-refractivity contribution is -0.121. The van der Waals surface area contributed by atoms with Crippen molar-refractivity contribution < 1.29 is 22.4 Å². The fourth-order valence-electron chi connectivity index (χ4n) is 3.35. The average molecular weight is 488 g/mol. The second kappa shape index (κ2) is 9.52. The first-order valence-electron chi connectivity index (χ1n) is 9.41. The zero-order valence-electron chi connectivity index (χ0n) is 16.5. The molecule has 0 aromatic heterocycles. The molecule has 0 unspecified atom stereocenters. The number of hydrogen-bond acceptors (Lipinski definition) is 4. The van der Waals surface area contributed by atoms with Crippen LogP contribution in [0.3, 0.4) is 0 Å². The minimum absolute atomic E-state index is 0.0390. The minimum atomic E-state index is -3.90. The monoisotopic (exact) mass is 487 g/mol. The normalized spacial score (nSPS) is 15.5. The Morgan fingerprint density at radius 2 is 1.68 bits per heavy atom. The maximum atomic E-state index is 13.8. The van der Waals surface area contributed by atoms with E-state index >= 15 is 0 Å². The van der Waals surface area contributed by atoms with E-state index < -0.39 is 27.7 Å². The average Bonchev–Trinajstić information content (AvgIpc) is 2.70. The zero-order chi connectivity index (χ0) is 22.8. The molecule has 1 aliphatic heterocycles. The van der Waals surface area contributed by atoms with Crippen molar-refractivity contribution in [2.45, 2.75) is 24.7 Å². The van der Waals surface area contributed by atoms with Crippen LogP contribution < -0.4 is 10.6 Å². The molecule has 11 heteroatoms. The highest BCUT2D eigenvalue weighted by atomic mass is 35.5. The van der Waals surface area contributed by atoms with E-state index in [4.69, 9.17) is 23.2 Å². The fraction of sp³-hybridized carbons (Fsp3) is 0.300. The number of anilines is 2. The molecule has 0 bridgehead atoms. The van der Waals surface area contributed by atoms with Crippen LogP contribution in [0, 0.1) is 11.7 Å². The number of benzene rings is 2. The molecule has 2 aromatic carbocycles. The molecule has 2 aromatic rings. The molecule has 166 valence electrons. The molecule has 2 N–H and O–H groups in total. The number of halogens is 3. The van der Waals surface area contributed by atoms with Crippen molar-refractivity contribution in [1.29, 1.82) is 0 Å². The van der Waals surface area contributed by atoms with E-state index in [1.165, 1.54) is 35.5 Å². The summed E-state index contributed by atoms with van der Waals surface area (Å²) in [5.41, 5.74) is 0.288. The predicted molar refractivity (Wildman–Crippen MR) is 117 cm³/mol. The molecule has 0 saturated carbocycles. The summed E-state index contributed by atoms with van der Waals surface area (Å²) >= 11 is 12.1. The highest BCUT2D eigenvalue weighted by Crippen LogP contribution is 2.33. The van der Waals surface area contributed by atoms with E-state index in [1.807, 2.05) is 0 Å². The Morgan fingerprint density at radius 1 is 1.06 bits per heavy atom. The van der Waals surface area contributed by atoms with Gasteiger partial charge >= 0.3 is 0 Å². The van der Waals surface area contributed by atoms with Gasteiger partial charge in [-0.3, -0.25) is 9.59 Å². The molecule has 3 rings (SSSR count). The van der Waals surface area contributed by atoms with Gasteiger partial charge in [0, 0.05) is 31.6 Å². The van der Waals surface area contributed by atoms with E-state index in [-0.39, 0.29) is 39.6 Å². The SMILES string of the molecule is CC(=O)Nc1cc(NC(=O)C2CCN(S(=O)(=O)c3c(Cl)cccc3Cl)CC2)ccc1F. The number of carbonyl (C=O) groups excluding carboxylic acids is 2. The quantitative estimate of drug-likeness (QED) is 0.662. The Morgan fingerprint density at radius 3 is 2.26 bits per heavy atom. The summed E-state index contributed by atoms with van der Waals surface area (Å²) in [5.74, 6) is -1.80. The van der Waals surface area contributed by atoms with Gasteiger partial charge in [-0.05, 0) is 43.2 Å². The van der Waals surface area contributed by atoms with Crippen LogP contribution in [0.5, 0.6) is 0 Å². The topological polar surface area (TPSA) is 95.6 Å². The second-order valence-corrected chi connectivity index (χ2v) is 9.78. The molecule has 0 aliphatic carbocycles. The number of carbonyl (C=O) groups is 2. The van der Waals surface area contributed by atoms with Crippen LogP contribution in [0.2, 0.25) is 10.0 Å². The lowest BCUT2D eigenvalue weighted by Gasteiger charge is -2.31. The van der Waals surface area contributed by atoms with Gasteiger partial charge in [-0.25, -0.2) is 12.8 Å². The lowest BCUT2D eigenvalue weighted by atomic mass is 9.97. The lowest BCUT2D eigenvalue weighted by Crippen LogP contribution is -2.41. The summed E-state index contributed by atoms with van der Waals surface area (Å²) in [7, 11) is -3.90. The Kier molecular flexibility index (Phi) is 7.20. The fourth-order valence-corrected chi connectivity index (χ4v) is 5.91. The van der Waals surface area contributed by atoms with Gasteiger partial charge in [0.2, 0.25) is 21.8 Å². The number of nitrogens with one attached hydrogen (secondary N) is 2. The first-order valence-corrected chi connectivity index (χ1v) is 11.6. The van der Waals surface area contributed by atoms with Gasteiger partial charge in [-0.2, -0.15) is 4.31 Å². The zero-order valence-corrected chi connectivity index (χ0v) is 18.8. The molecule has 2 amide bonds. The Bertz CT molecular complexity index is 1100. The summed E-state index contributed by atoms with van der Waals surface area (Å²) in [6.45, 7) is 1.51. The van der Waals surface area contributed by atoms with Crippen LogP contribution in [-0.2, 0) is 19.6 Å². The Balaban J connectivity index is 1.66. The third-order valence-electron chi connectivity index (χ3n) is 4.89. The van der Waals surface area contributed by atoms with Gasteiger partial charge in [-0.15, -0.1) is 0 Å². The highest BCUT2D eigenvalue weighted by Gasteiger charge is 2.34. The highest BCUT2D eigenvalue weighted by molar-refractivity contribution is 7.89. The van der Waals surface area contributed by atoms with Crippen LogP contribution in [0.1, 0.15) is 19.8 Å². The van der Waals surface area contributed by atoms with Crippen molar-refractivity contribution >= 4 is 56.4 Å². The standard InChI is InChI=1S/C20H20Cl2FN3O4S/c1-12(27)24-18-11-14(5-6-17(18)23)25-20(28)13-7-9-26(10-8-13)31(29,30)19-15(21)3-2-4-16(19)22/h2-6,11,13H,7-10H2,1H3,(H,24,27)(H,25,28). The second-order valence-electron chi connectivity index (χ2n) is 7.09. The Hall–Kier alpha value is -2.20. The smallest absolute Gasteiger partial charge is 0.246 e. The molecule has 1 aliphatic rings. The van der Waals surface area contributed by atoms with Crippen molar-refractivity contribution in [2.24, 2.45) is 5.92 Å². The summed E-state index contributed by atoms with van der Waals surface area (Å²) < 4.78 is 40.9. The van der Waals surface area contributed by atoms with Crippen LogP contribution in [0.15, 0.2) is 41.3 Å². The molecular formula is C20H20Cl2FN3O4S. The number of piperidine rings is 1. The van der Waals surface area contributed by atoms with Crippen LogP contribution in [0.25, 0.3) is 0 Å². The summed E-state index contributed by atoms with van der Waals surface area (Å²) in [6, 6.07) is 8.33. The first kappa shape index (κ1) is 23.5. The van der Waals surface area contributed by atoms with E-state index in [9.17, 15) is 22.4 Å². The van der Waals surface area contributed by atoms with Gasteiger partial charge in [0.1, 0.15) is 10.7 Å². The molecule has 0 atom stereocenters. The van der Waals surface area contributed by atoms with Crippen molar-refractivity contribution in [1.82, 2.24) is 4.31 Å². The van der Waals surface area contributed by atoms with Gasteiger partial charge in [-0.1, -0.05) is 29.3 Å². The summed E-state index contributed by atoms with van der Waals surface area (Å²) in [5, 5.41) is 5.12. The largest absolute Gasteiger partial charge is 0.326 e. The molecule has 1 heterocycles. The summed E-state index contributed by atoms with van der Waals surface area (Å²) in [6.07, 6.45) is 0.597. The predicted octanol–water partition coefficient (Wildman–Crippen LogP) is 4.13. The van der Waals surface area contributed by atoms with E-state index in [1.54, 1.807) is 6.07 Å². The maximum absolute atomic E-state index is 13.8. The minimum Gasteiger partial charge on any atom is -0.326 e. The number of rotatable bonds is 5. The van der Waals surface area contributed by atoms with Crippen LogP contribution >= 0.6 is 23.2 Å². The first-order chi connectivity index (χ1) is 14.6. The number of nitrogens with zero attached hydrogens (tertiary/aromatic N) is 1. The molecule has 0 spiro atoms. The Labute approximate surface area is 189 Å². The molecular weight excluding hydrogens is 468 g/mol. The van der Waals surface area contributed by atoms with Gasteiger partial charge < -0.3 is 10.6 Å². The van der Waals surface area contributed by atoms with Crippen molar-refractivity contribution in [2.75, 3.05) is 23.7 Å². The molecule has 7 nitrogen and oxygen atoms in total.